The van der Waals surface area contributed by atoms with E-state index in [4.69, 9.17) is 10.6 Å². The number of nitrogens with zero attached hydrogens (tertiary/aromatic N) is 4. The number of nitrogen functional groups attached to an aromatic ring is 1. The van der Waals surface area contributed by atoms with E-state index in [1.54, 1.807) is 29.6 Å². The first-order chi connectivity index (χ1) is 17.9. The van der Waals surface area contributed by atoms with Crippen molar-refractivity contribution in [1.82, 2.24) is 15.2 Å². The number of nitrogens with two attached hydrogens (primary N) is 1. The molecule has 4 N–H and O–H groups in total. The predicted molar refractivity (Wildman–Crippen MR) is 136 cm³/mol. The summed E-state index contributed by atoms with van der Waals surface area (Å²) in [5.74, 6) is -1.56. The van der Waals surface area contributed by atoms with Crippen molar-refractivity contribution in [2.45, 2.75) is 18.6 Å². The number of carboxylic acids is 1. The third-order valence-electron chi connectivity index (χ3n) is 5.71. The molecule has 2 aliphatic rings. The summed E-state index contributed by atoms with van der Waals surface area (Å²) in [6.45, 7) is 0.319. The summed E-state index contributed by atoms with van der Waals surface area (Å²) < 4.78 is 1.84. The van der Waals surface area contributed by atoms with E-state index in [0.29, 0.717) is 23.0 Å². The molecular weight excluding hydrogens is 516 g/mol. The lowest BCUT2D eigenvalue weighted by Gasteiger charge is -2.49. The number of oxime groups is 1. The number of fused-ring (bicyclic) bond motifs is 1. The highest BCUT2D eigenvalue weighted by molar-refractivity contribution is 8.03. The number of aliphatic carboxylic acids is 1. The molecule has 0 aliphatic carbocycles. The molecule has 2 amide bonds. The lowest BCUT2D eigenvalue weighted by Crippen LogP contribution is -2.73. The highest BCUT2D eigenvalue weighted by Crippen LogP contribution is 2.39. The number of hydrogen-bond acceptors (Lipinski definition) is 9. The van der Waals surface area contributed by atoms with Crippen molar-refractivity contribution in [3.63, 3.8) is 0 Å². The molecule has 1 aromatic carbocycles. The van der Waals surface area contributed by atoms with Gasteiger partial charge in [0.05, 0.1) is 10.9 Å². The fraction of sp³-hybridized carbons (Fsp3) is 0.167. The molecule has 4 heterocycles. The normalized spacial score (nSPS) is 19.2. The number of pyridine rings is 1. The smallest absolute Gasteiger partial charge is 0.353 e. The molecule has 2 atom stereocenters. The molecule has 11 nitrogen and oxygen atoms in total. The van der Waals surface area contributed by atoms with Gasteiger partial charge in [-0.05, 0) is 12.1 Å². The fourth-order valence-corrected chi connectivity index (χ4v) is 5.80. The summed E-state index contributed by atoms with van der Waals surface area (Å²) in [6, 6.07) is 12.8. The summed E-state index contributed by atoms with van der Waals surface area (Å²) >= 11 is 2.49. The second kappa shape index (κ2) is 10.4. The quantitative estimate of drug-likeness (QED) is 0.168. The van der Waals surface area contributed by atoms with Crippen LogP contribution in [0.15, 0.2) is 82.1 Å². The molecule has 37 heavy (non-hydrogen) atoms. The van der Waals surface area contributed by atoms with Crippen molar-refractivity contribution in [2.24, 2.45) is 5.16 Å². The fourth-order valence-electron chi connectivity index (χ4n) is 3.98. The van der Waals surface area contributed by atoms with Gasteiger partial charge in [-0.2, -0.15) is 0 Å². The number of carbonyl (C=O) groups excluding carboxylic acids is 2. The zero-order chi connectivity index (χ0) is 25.9. The predicted octanol–water partition coefficient (Wildman–Crippen LogP) is 1.23. The molecule has 0 spiro atoms. The van der Waals surface area contributed by atoms with Gasteiger partial charge in [0.25, 0.3) is 11.8 Å². The number of aromatic nitrogens is 2. The van der Waals surface area contributed by atoms with Crippen molar-refractivity contribution in [2.75, 3.05) is 11.5 Å². The van der Waals surface area contributed by atoms with Crippen LogP contribution >= 0.6 is 23.1 Å². The second-order valence-electron chi connectivity index (χ2n) is 8.08. The number of anilines is 1. The SMILES string of the molecule is Nc1nc(C(=NOc2ccccc2)C(=O)NC2C(=O)N3C(C(=O)O)=C(C[n+]4ccccc4)SCC23)cs1. The maximum Gasteiger partial charge on any atom is 0.353 e. The number of benzene rings is 1. The Morgan fingerprint density at radius 1 is 1.22 bits per heavy atom. The molecule has 3 aromatic rings. The topological polar surface area (TPSA) is 151 Å². The second-order valence-corrected chi connectivity index (χ2v) is 10.1. The third-order valence-corrected chi connectivity index (χ3v) is 7.56. The van der Waals surface area contributed by atoms with Crippen LogP contribution < -0.4 is 20.5 Å². The van der Waals surface area contributed by atoms with Crippen LogP contribution in [0.3, 0.4) is 0 Å². The Kier molecular flexibility index (Phi) is 6.88. The number of rotatable bonds is 8. The molecule has 5 rings (SSSR count). The Bertz CT molecular complexity index is 1410. The van der Waals surface area contributed by atoms with Gasteiger partial charge in [0.2, 0.25) is 0 Å². The third kappa shape index (κ3) is 5.04. The van der Waals surface area contributed by atoms with E-state index < -0.39 is 29.9 Å². The minimum absolute atomic E-state index is 0.0679. The Labute approximate surface area is 219 Å². The van der Waals surface area contributed by atoms with E-state index >= 15 is 0 Å². The molecule has 2 aliphatic heterocycles. The van der Waals surface area contributed by atoms with Crippen molar-refractivity contribution >= 4 is 51.7 Å². The largest absolute Gasteiger partial charge is 0.477 e. The molecule has 0 bridgehead atoms. The summed E-state index contributed by atoms with van der Waals surface area (Å²) in [4.78, 5) is 49.7. The van der Waals surface area contributed by atoms with Crippen molar-refractivity contribution in [1.29, 1.82) is 0 Å². The first-order valence-electron chi connectivity index (χ1n) is 11.1. The summed E-state index contributed by atoms with van der Waals surface area (Å²) in [7, 11) is 0. The van der Waals surface area contributed by atoms with E-state index in [-0.39, 0.29) is 22.2 Å². The summed E-state index contributed by atoms with van der Waals surface area (Å²) in [6.07, 6.45) is 3.65. The van der Waals surface area contributed by atoms with Gasteiger partial charge in [-0.3, -0.25) is 14.5 Å². The monoisotopic (exact) mass is 537 g/mol. The zero-order valence-electron chi connectivity index (χ0n) is 19.2. The molecule has 13 heteroatoms. The number of carbonyl (C=O) groups is 3. The van der Waals surface area contributed by atoms with Gasteiger partial charge in [-0.15, -0.1) is 23.1 Å². The van der Waals surface area contributed by atoms with Crippen LogP contribution in [0.5, 0.6) is 5.75 Å². The van der Waals surface area contributed by atoms with Crippen LogP contribution in [0.2, 0.25) is 0 Å². The maximum absolute atomic E-state index is 13.2. The number of allylic oxidation sites excluding steroid dienone is 1. The van der Waals surface area contributed by atoms with Crippen LogP contribution in [-0.4, -0.2) is 56.3 Å². The Morgan fingerprint density at radius 3 is 2.62 bits per heavy atom. The van der Waals surface area contributed by atoms with Gasteiger partial charge in [0.1, 0.15) is 17.4 Å². The van der Waals surface area contributed by atoms with E-state index in [1.165, 1.54) is 16.7 Å². The van der Waals surface area contributed by atoms with E-state index in [2.05, 4.69) is 15.5 Å². The molecule has 2 aromatic heterocycles. The van der Waals surface area contributed by atoms with E-state index in [1.807, 2.05) is 41.2 Å². The van der Waals surface area contributed by atoms with Gasteiger partial charge in [0.15, 0.2) is 35.5 Å². The number of β-lactam (4-membered cyclic amide) rings is 1. The summed E-state index contributed by atoms with van der Waals surface area (Å²) in [5, 5.41) is 18.4. The lowest BCUT2D eigenvalue weighted by atomic mass is 9.94. The number of amides is 2. The highest BCUT2D eigenvalue weighted by Gasteiger charge is 2.54. The maximum atomic E-state index is 13.2. The number of nitrogens with one attached hydrogen (secondary N) is 1. The number of thiazole rings is 1. The average molecular weight is 538 g/mol. The number of carboxylic acid groups (broad SMARTS) is 1. The molecule has 0 saturated carbocycles. The van der Waals surface area contributed by atoms with Crippen molar-refractivity contribution in [3.8, 4) is 5.75 Å². The Hall–Kier alpha value is -4.23. The van der Waals surface area contributed by atoms with E-state index in [9.17, 15) is 19.5 Å². The minimum atomic E-state index is -1.20. The van der Waals surface area contributed by atoms with Crippen LogP contribution in [-0.2, 0) is 20.9 Å². The van der Waals surface area contributed by atoms with Crippen molar-refractivity contribution in [3.05, 3.63) is 82.6 Å². The zero-order valence-corrected chi connectivity index (χ0v) is 20.8. The van der Waals surface area contributed by atoms with Gasteiger partial charge in [0, 0.05) is 23.3 Å². The number of thioether (sulfide) groups is 1. The summed E-state index contributed by atoms with van der Waals surface area (Å²) in [5.41, 5.74) is 5.72. The Morgan fingerprint density at radius 2 is 1.95 bits per heavy atom. The van der Waals surface area contributed by atoms with Crippen LogP contribution in [0.25, 0.3) is 0 Å². The van der Waals surface area contributed by atoms with Crippen LogP contribution in [0.4, 0.5) is 5.13 Å². The molecule has 1 fully saturated rings. The Balaban J connectivity index is 1.35. The molecule has 1 saturated heterocycles. The van der Waals surface area contributed by atoms with Crippen LogP contribution in [0.1, 0.15) is 5.69 Å². The minimum Gasteiger partial charge on any atom is -0.477 e. The number of hydrogen-bond donors (Lipinski definition) is 3. The first-order valence-corrected chi connectivity index (χ1v) is 13.0. The van der Waals surface area contributed by atoms with Crippen molar-refractivity contribution < 1.29 is 28.9 Å². The van der Waals surface area contributed by atoms with Gasteiger partial charge < -0.3 is 21.0 Å². The standard InChI is InChI=1S/C24H20N6O5S2/c25-24-26-15(12-37-24)18(28-35-14-7-3-1-4-8-14)21(31)27-19-16-13-36-17(11-29-9-5-2-6-10-29)20(23(33)34)30(16)22(19)32/h1-10,12,16,19H,11,13H2,(H3-,25,26,27,31,33,34)/p+1. The molecule has 0 radical (unpaired) electrons. The van der Waals surface area contributed by atoms with Crippen LogP contribution in [0, 0.1) is 0 Å². The first kappa shape index (κ1) is 24.5. The van der Waals surface area contributed by atoms with Gasteiger partial charge in [-0.1, -0.05) is 29.4 Å². The van der Waals surface area contributed by atoms with Gasteiger partial charge >= 0.3 is 5.97 Å². The highest BCUT2D eigenvalue weighted by atomic mass is 32.2. The lowest BCUT2D eigenvalue weighted by molar-refractivity contribution is -0.687. The molecular formula is C24H21N6O5S2+. The van der Waals surface area contributed by atoms with E-state index in [0.717, 1.165) is 11.3 Å². The van der Waals surface area contributed by atoms with Gasteiger partial charge in [-0.25, -0.2) is 14.3 Å². The number of para-hydroxylation sites is 1. The molecule has 2 unspecified atom stereocenters. The molecule has 188 valence electrons. The average Bonchev–Trinajstić information content (AvgIpc) is 3.33.